The van der Waals surface area contributed by atoms with Crippen molar-refractivity contribution < 1.29 is 4.74 Å². The second kappa shape index (κ2) is 8.89. The molecule has 3 rings (SSSR count). The van der Waals surface area contributed by atoms with Crippen LogP contribution in [0, 0.1) is 0 Å². The highest BCUT2D eigenvalue weighted by Gasteiger charge is 2.09. The van der Waals surface area contributed by atoms with E-state index < -0.39 is 0 Å². The quantitative estimate of drug-likeness (QED) is 0.521. The maximum atomic E-state index is 5.20. The lowest BCUT2D eigenvalue weighted by atomic mass is 10.2. The van der Waals surface area contributed by atoms with E-state index in [1.165, 1.54) is 5.56 Å². The van der Waals surface area contributed by atoms with Crippen molar-refractivity contribution in [3.63, 3.8) is 0 Å². The lowest BCUT2D eigenvalue weighted by Gasteiger charge is -2.22. The van der Waals surface area contributed by atoms with Crippen molar-refractivity contribution in [2.24, 2.45) is 4.99 Å². The van der Waals surface area contributed by atoms with Crippen LogP contribution in [0.5, 0.6) is 5.75 Å². The maximum Gasteiger partial charge on any atom is 0.194 e. The van der Waals surface area contributed by atoms with Crippen molar-refractivity contribution in [2.75, 3.05) is 21.2 Å². The van der Waals surface area contributed by atoms with E-state index in [0.29, 0.717) is 6.54 Å². The number of aromatic amines is 1. The minimum atomic E-state index is 0.576. The Morgan fingerprint density at radius 2 is 1.89 bits per heavy atom. The second-order valence-corrected chi connectivity index (χ2v) is 6.21. The van der Waals surface area contributed by atoms with Crippen LogP contribution >= 0.6 is 0 Å². The molecular weight excluding hydrogens is 338 g/mol. The minimum absolute atomic E-state index is 0.576. The van der Waals surface area contributed by atoms with E-state index in [4.69, 9.17) is 4.74 Å². The highest BCUT2D eigenvalue weighted by molar-refractivity contribution is 5.79. The Kier molecular flexibility index (Phi) is 6.10. The monoisotopic (exact) mass is 363 g/mol. The van der Waals surface area contributed by atoms with E-state index in [1.54, 1.807) is 14.2 Å². The van der Waals surface area contributed by atoms with Gasteiger partial charge in [0.15, 0.2) is 5.96 Å². The molecule has 2 N–H and O–H groups in total. The van der Waals surface area contributed by atoms with Gasteiger partial charge in [-0.1, -0.05) is 42.5 Å². The van der Waals surface area contributed by atoms with E-state index in [9.17, 15) is 0 Å². The zero-order chi connectivity index (χ0) is 19.1. The molecule has 0 unspecified atom stereocenters. The number of methoxy groups -OCH3 is 1. The van der Waals surface area contributed by atoms with Gasteiger partial charge in [0.1, 0.15) is 11.6 Å². The summed E-state index contributed by atoms with van der Waals surface area (Å²) in [5.41, 5.74) is 3.32. The van der Waals surface area contributed by atoms with Gasteiger partial charge < -0.3 is 19.9 Å². The average molecular weight is 363 g/mol. The Balaban J connectivity index is 1.57. The molecule has 6 heteroatoms. The standard InChI is InChI=1S/C21H25N5O/c1-22-21(26(2)15-16-9-11-18(27-3)12-10-16)24-14-20-23-13-19(25-20)17-7-5-4-6-8-17/h4-13H,14-15H2,1-3H3,(H,22,24)(H,23,25). The van der Waals surface area contributed by atoms with Gasteiger partial charge in [0.25, 0.3) is 0 Å². The molecule has 0 radical (unpaired) electrons. The fourth-order valence-electron chi connectivity index (χ4n) is 2.84. The summed E-state index contributed by atoms with van der Waals surface area (Å²) in [7, 11) is 5.46. The molecule has 0 amide bonds. The molecule has 0 saturated heterocycles. The van der Waals surface area contributed by atoms with E-state index >= 15 is 0 Å². The van der Waals surface area contributed by atoms with Crippen molar-refractivity contribution in [2.45, 2.75) is 13.1 Å². The summed E-state index contributed by atoms with van der Waals surface area (Å²) in [6.45, 7) is 1.32. The molecule has 0 bridgehead atoms. The number of aliphatic imine (C=N–C) groups is 1. The normalized spacial score (nSPS) is 11.3. The number of hydrogen-bond acceptors (Lipinski definition) is 3. The molecule has 0 fully saturated rings. The van der Waals surface area contributed by atoms with Gasteiger partial charge in [0.05, 0.1) is 25.5 Å². The van der Waals surface area contributed by atoms with Gasteiger partial charge in [-0.05, 0) is 23.3 Å². The van der Waals surface area contributed by atoms with Gasteiger partial charge in [-0.2, -0.15) is 0 Å². The number of benzene rings is 2. The number of rotatable bonds is 6. The largest absolute Gasteiger partial charge is 0.497 e. The minimum Gasteiger partial charge on any atom is -0.497 e. The van der Waals surface area contributed by atoms with Crippen LogP contribution in [0.4, 0.5) is 0 Å². The SMILES string of the molecule is CN=C(NCc1ncc(-c2ccccc2)[nH]1)N(C)Cc1ccc(OC)cc1. The summed E-state index contributed by atoms with van der Waals surface area (Å²) >= 11 is 0. The topological polar surface area (TPSA) is 65.5 Å². The molecule has 0 aliphatic carbocycles. The van der Waals surface area contributed by atoms with Crippen LogP contribution in [0.3, 0.4) is 0 Å². The first-order valence-electron chi connectivity index (χ1n) is 8.83. The number of imidazole rings is 1. The lowest BCUT2D eigenvalue weighted by Crippen LogP contribution is -2.38. The third kappa shape index (κ3) is 4.88. The predicted molar refractivity (Wildman–Crippen MR) is 109 cm³/mol. The van der Waals surface area contributed by atoms with Gasteiger partial charge in [-0.15, -0.1) is 0 Å². The van der Waals surface area contributed by atoms with Gasteiger partial charge in [0.2, 0.25) is 0 Å². The molecule has 1 aromatic heterocycles. The van der Waals surface area contributed by atoms with Crippen molar-refractivity contribution in [3.05, 3.63) is 72.2 Å². The van der Waals surface area contributed by atoms with Gasteiger partial charge in [-0.3, -0.25) is 4.99 Å². The van der Waals surface area contributed by atoms with E-state index in [-0.39, 0.29) is 0 Å². The van der Waals surface area contributed by atoms with Gasteiger partial charge in [-0.25, -0.2) is 4.98 Å². The molecular formula is C21H25N5O. The number of aromatic nitrogens is 2. The summed E-state index contributed by atoms with van der Waals surface area (Å²) in [5, 5.41) is 3.35. The number of guanidine groups is 1. The van der Waals surface area contributed by atoms with Crippen LogP contribution in [-0.4, -0.2) is 42.0 Å². The van der Waals surface area contributed by atoms with Crippen molar-refractivity contribution in [3.8, 4) is 17.0 Å². The van der Waals surface area contributed by atoms with Crippen LogP contribution in [-0.2, 0) is 13.1 Å². The molecule has 0 spiro atoms. The fraction of sp³-hybridized carbons (Fsp3) is 0.238. The Labute approximate surface area is 159 Å². The van der Waals surface area contributed by atoms with Crippen LogP contribution < -0.4 is 10.1 Å². The number of H-pyrrole nitrogens is 1. The van der Waals surface area contributed by atoms with Crippen molar-refractivity contribution in [1.29, 1.82) is 0 Å². The smallest absolute Gasteiger partial charge is 0.194 e. The maximum absolute atomic E-state index is 5.20. The molecule has 27 heavy (non-hydrogen) atoms. The summed E-state index contributed by atoms with van der Waals surface area (Å²) in [6.07, 6.45) is 1.86. The first kappa shape index (κ1) is 18.5. The average Bonchev–Trinajstić information content (AvgIpc) is 3.19. The zero-order valence-corrected chi connectivity index (χ0v) is 15.9. The van der Waals surface area contributed by atoms with Crippen LogP contribution in [0.1, 0.15) is 11.4 Å². The van der Waals surface area contributed by atoms with E-state index in [1.807, 2.05) is 43.6 Å². The third-order valence-corrected chi connectivity index (χ3v) is 4.28. The summed E-state index contributed by atoms with van der Waals surface area (Å²) in [5.74, 6) is 2.53. The molecule has 6 nitrogen and oxygen atoms in total. The second-order valence-electron chi connectivity index (χ2n) is 6.21. The number of ether oxygens (including phenoxy) is 1. The number of nitrogens with zero attached hydrogens (tertiary/aromatic N) is 3. The number of hydrogen-bond donors (Lipinski definition) is 2. The molecule has 1 heterocycles. The third-order valence-electron chi connectivity index (χ3n) is 4.28. The molecule has 0 aliphatic rings. The Bertz CT molecular complexity index is 871. The molecule has 0 saturated carbocycles. The Hall–Kier alpha value is -3.28. The van der Waals surface area contributed by atoms with Crippen molar-refractivity contribution in [1.82, 2.24) is 20.2 Å². The zero-order valence-electron chi connectivity index (χ0n) is 15.9. The highest BCUT2D eigenvalue weighted by Crippen LogP contribution is 2.16. The van der Waals surface area contributed by atoms with Crippen LogP contribution in [0.15, 0.2) is 65.8 Å². The molecule has 140 valence electrons. The van der Waals surface area contributed by atoms with Crippen molar-refractivity contribution >= 4 is 5.96 Å². The van der Waals surface area contributed by atoms with E-state index in [0.717, 1.165) is 35.3 Å². The van der Waals surface area contributed by atoms with Crippen LogP contribution in [0.2, 0.25) is 0 Å². The number of nitrogens with one attached hydrogen (secondary N) is 2. The lowest BCUT2D eigenvalue weighted by molar-refractivity contribution is 0.414. The Morgan fingerprint density at radius 1 is 1.15 bits per heavy atom. The van der Waals surface area contributed by atoms with Crippen LogP contribution in [0.25, 0.3) is 11.3 Å². The fourth-order valence-corrected chi connectivity index (χ4v) is 2.84. The molecule has 0 aliphatic heterocycles. The van der Waals surface area contributed by atoms with Gasteiger partial charge >= 0.3 is 0 Å². The molecule has 0 atom stereocenters. The first-order chi connectivity index (χ1) is 13.2. The first-order valence-corrected chi connectivity index (χ1v) is 8.83. The van der Waals surface area contributed by atoms with Gasteiger partial charge in [0, 0.05) is 20.6 Å². The summed E-state index contributed by atoms with van der Waals surface area (Å²) in [4.78, 5) is 14.2. The van der Waals surface area contributed by atoms with E-state index in [2.05, 4.69) is 49.4 Å². The summed E-state index contributed by atoms with van der Waals surface area (Å²) < 4.78 is 5.20. The predicted octanol–water partition coefficient (Wildman–Crippen LogP) is 3.29. The molecule has 2 aromatic carbocycles. The Morgan fingerprint density at radius 3 is 2.56 bits per heavy atom. The summed E-state index contributed by atoms with van der Waals surface area (Å²) in [6, 6.07) is 18.2. The highest BCUT2D eigenvalue weighted by atomic mass is 16.5. The molecule has 3 aromatic rings.